The third-order valence-corrected chi connectivity index (χ3v) is 4.31. The molecular formula is C15H28N4S. The first kappa shape index (κ1) is 17.0. The van der Waals surface area contributed by atoms with Gasteiger partial charge in [0.1, 0.15) is 0 Å². The lowest BCUT2D eigenvalue weighted by Gasteiger charge is -2.21. The van der Waals surface area contributed by atoms with Crippen molar-refractivity contribution in [2.45, 2.75) is 33.2 Å². The predicted octanol–water partition coefficient (Wildman–Crippen LogP) is 2.71. The van der Waals surface area contributed by atoms with Crippen LogP contribution in [0.25, 0.3) is 0 Å². The van der Waals surface area contributed by atoms with Crippen molar-refractivity contribution >= 4 is 17.3 Å². The fourth-order valence-corrected chi connectivity index (χ4v) is 2.82. The molecule has 114 valence electrons. The smallest absolute Gasteiger partial charge is 0.191 e. The van der Waals surface area contributed by atoms with Crippen LogP contribution in [0.4, 0.5) is 0 Å². The number of nitrogens with one attached hydrogen (secondary N) is 2. The van der Waals surface area contributed by atoms with Gasteiger partial charge in [-0.2, -0.15) is 0 Å². The molecule has 1 heterocycles. The number of rotatable bonds is 8. The van der Waals surface area contributed by atoms with Gasteiger partial charge >= 0.3 is 0 Å². The lowest BCUT2D eigenvalue weighted by molar-refractivity contribution is 0.293. The number of aliphatic imine (C=N–C) groups is 1. The third-order valence-electron chi connectivity index (χ3n) is 3.25. The molecular weight excluding hydrogens is 268 g/mol. The van der Waals surface area contributed by atoms with Gasteiger partial charge < -0.3 is 15.5 Å². The van der Waals surface area contributed by atoms with E-state index in [4.69, 9.17) is 0 Å². The van der Waals surface area contributed by atoms with Gasteiger partial charge in [0.05, 0.1) is 6.04 Å². The third kappa shape index (κ3) is 5.92. The molecule has 1 rings (SSSR count). The number of thiophene rings is 1. The average molecular weight is 296 g/mol. The predicted molar refractivity (Wildman–Crippen MR) is 89.6 cm³/mol. The van der Waals surface area contributed by atoms with Gasteiger partial charge in [-0.25, -0.2) is 0 Å². The first-order valence-electron chi connectivity index (χ1n) is 7.44. The van der Waals surface area contributed by atoms with Crippen molar-refractivity contribution in [1.82, 2.24) is 15.5 Å². The van der Waals surface area contributed by atoms with Crippen molar-refractivity contribution in [2.75, 3.05) is 33.2 Å². The summed E-state index contributed by atoms with van der Waals surface area (Å²) in [6.07, 6.45) is 1.20. The van der Waals surface area contributed by atoms with Crippen LogP contribution < -0.4 is 10.6 Å². The minimum absolute atomic E-state index is 0.291. The number of hydrogen-bond donors (Lipinski definition) is 2. The Kier molecular flexibility index (Phi) is 8.30. The zero-order valence-electron chi connectivity index (χ0n) is 13.1. The van der Waals surface area contributed by atoms with Gasteiger partial charge in [-0.1, -0.05) is 19.9 Å². The Morgan fingerprint density at radius 1 is 1.40 bits per heavy atom. The van der Waals surface area contributed by atoms with E-state index >= 15 is 0 Å². The molecule has 4 nitrogen and oxygen atoms in total. The molecule has 2 N–H and O–H groups in total. The monoisotopic (exact) mass is 296 g/mol. The highest BCUT2D eigenvalue weighted by Gasteiger charge is 2.08. The lowest BCUT2D eigenvalue weighted by Crippen LogP contribution is -2.42. The van der Waals surface area contributed by atoms with E-state index in [2.05, 4.69) is 58.8 Å². The van der Waals surface area contributed by atoms with E-state index in [0.29, 0.717) is 6.04 Å². The van der Waals surface area contributed by atoms with Gasteiger partial charge in [0.15, 0.2) is 5.96 Å². The van der Waals surface area contributed by atoms with Crippen molar-refractivity contribution in [3.05, 3.63) is 22.4 Å². The standard InChI is InChI=1S/C15H28N4S/c1-5-10-19(6-2)11-9-17-15(16-4)18-13(3)14-8-7-12-20-14/h7-8,12-13H,5-6,9-11H2,1-4H3,(H2,16,17,18). The van der Waals surface area contributed by atoms with Gasteiger partial charge in [-0.3, -0.25) is 4.99 Å². The van der Waals surface area contributed by atoms with Crippen LogP contribution in [0.5, 0.6) is 0 Å². The second-order valence-corrected chi connectivity index (χ2v) is 5.79. The summed E-state index contributed by atoms with van der Waals surface area (Å²) in [6, 6.07) is 4.52. The lowest BCUT2D eigenvalue weighted by atomic mass is 10.3. The van der Waals surface area contributed by atoms with Crippen LogP contribution >= 0.6 is 11.3 Å². The molecule has 0 fully saturated rings. The summed E-state index contributed by atoms with van der Waals surface area (Å²) in [4.78, 5) is 8.06. The van der Waals surface area contributed by atoms with Crippen molar-refractivity contribution in [3.63, 3.8) is 0 Å². The molecule has 1 aromatic heterocycles. The van der Waals surface area contributed by atoms with Crippen LogP contribution in [-0.2, 0) is 0 Å². The van der Waals surface area contributed by atoms with Crippen molar-refractivity contribution in [3.8, 4) is 0 Å². The first-order valence-corrected chi connectivity index (χ1v) is 8.32. The second-order valence-electron chi connectivity index (χ2n) is 4.81. The summed E-state index contributed by atoms with van der Waals surface area (Å²) in [7, 11) is 1.82. The van der Waals surface area contributed by atoms with Crippen molar-refractivity contribution in [1.29, 1.82) is 0 Å². The van der Waals surface area contributed by atoms with E-state index in [-0.39, 0.29) is 0 Å². The van der Waals surface area contributed by atoms with Gasteiger partial charge in [0.2, 0.25) is 0 Å². The minimum Gasteiger partial charge on any atom is -0.355 e. The maximum atomic E-state index is 4.29. The molecule has 0 aromatic carbocycles. The average Bonchev–Trinajstić information content (AvgIpc) is 2.99. The van der Waals surface area contributed by atoms with E-state index in [9.17, 15) is 0 Å². The van der Waals surface area contributed by atoms with E-state index in [1.165, 1.54) is 11.3 Å². The summed E-state index contributed by atoms with van der Waals surface area (Å²) in [5, 5.41) is 8.92. The van der Waals surface area contributed by atoms with Gasteiger partial charge in [0, 0.05) is 25.0 Å². The minimum atomic E-state index is 0.291. The summed E-state index contributed by atoms with van der Waals surface area (Å²) < 4.78 is 0. The maximum Gasteiger partial charge on any atom is 0.191 e. The Labute approximate surface area is 127 Å². The first-order chi connectivity index (χ1) is 9.71. The molecule has 0 aliphatic heterocycles. The SMILES string of the molecule is CCCN(CC)CCNC(=NC)NC(C)c1cccs1. The van der Waals surface area contributed by atoms with E-state index in [1.807, 2.05) is 7.05 Å². The Morgan fingerprint density at radius 3 is 2.75 bits per heavy atom. The molecule has 0 bridgehead atoms. The molecule has 5 heteroatoms. The largest absolute Gasteiger partial charge is 0.355 e. The molecule has 1 atom stereocenters. The topological polar surface area (TPSA) is 39.7 Å². The summed E-state index contributed by atoms with van der Waals surface area (Å²) in [5.74, 6) is 0.874. The van der Waals surface area contributed by atoms with Crippen LogP contribution in [-0.4, -0.2) is 44.1 Å². The Morgan fingerprint density at radius 2 is 2.20 bits per heavy atom. The molecule has 0 aliphatic rings. The molecule has 0 amide bonds. The summed E-state index contributed by atoms with van der Waals surface area (Å²) in [5.41, 5.74) is 0. The van der Waals surface area contributed by atoms with Crippen LogP contribution in [0, 0.1) is 0 Å². The molecule has 1 aromatic rings. The zero-order valence-corrected chi connectivity index (χ0v) is 14.0. The molecule has 0 saturated carbocycles. The highest BCUT2D eigenvalue weighted by Crippen LogP contribution is 2.17. The van der Waals surface area contributed by atoms with Gasteiger partial charge in [-0.05, 0) is 37.9 Å². The van der Waals surface area contributed by atoms with E-state index in [1.54, 1.807) is 11.3 Å². The summed E-state index contributed by atoms with van der Waals surface area (Å²) in [6.45, 7) is 10.8. The quantitative estimate of drug-likeness (QED) is 0.572. The molecule has 0 spiro atoms. The van der Waals surface area contributed by atoms with Crippen LogP contribution in [0.1, 0.15) is 38.1 Å². The molecule has 0 aliphatic carbocycles. The zero-order chi connectivity index (χ0) is 14.8. The fourth-order valence-electron chi connectivity index (χ4n) is 2.09. The van der Waals surface area contributed by atoms with Crippen LogP contribution in [0.15, 0.2) is 22.5 Å². The number of guanidine groups is 1. The molecule has 1 unspecified atom stereocenters. The van der Waals surface area contributed by atoms with E-state index < -0.39 is 0 Å². The van der Waals surface area contributed by atoms with E-state index in [0.717, 1.165) is 32.1 Å². The van der Waals surface area contributed by atoms with Gasteiger partial charge in [0.25, 0.3) is 0 Å². The molecule has 0 radical (unpaired) electrons. The normalized spacial score (nSPS) is 13.6. The Hall–Kier alpha value is -1.07. The number of nitrogens with zero attached hydrogens (tertiary/aromatic N) is 2. The van der Waals surface area contributed by atoms with Crippen LogP contribution in [0.2, 0.25) is 0 Å². The van der Waals surface area contributed by atoms with Gasteiger partial charge in [-0.15, -0.1) is 11.3 Å². The molecule has 20 heavy (non-hydrogen) atoms. The highest BCUT2D eigenvalue weighted by molar-refractivity contribution is 7.10. The van der Waals surface area contributed by atoms with Crippen molar-refractivity contribution in [2.24, 2.45) is 4.99 Å². The highest BCUT2D eigenvalue weighted by atomic mass is 32.1. The Bertz CT molecular complexity index is 375. The fraction of sp³-hybridized carbons (Fsp3) is 0.667. The number of likely N-dealkylation sites (N-methyl/N-ethyl adjacent to an activating group) is 1. The summed E-state index contributed by atoms with van der Waals surface area (Å²) >= 11 is 1.77. The van der Waals surface area contributed by atoms with Crippen molar-refractivity contribution < 1.29 is 0 Å². The maximum absolute atomic E-state index is 4.29. The second kappa shape index (κ2) is 9.77. The van der Waals surface area contributed by atoms with Crippen LogP contribution in [0.3, 0.4) is 0 Å². The number of hydrogen-bond acceptors (Lipinski definition) is 3. The molecule has 0 saturated heterocycles. The Balaban J connectivity index is 2.33.